The Hall–Kier alpha value is -2.29. The van der Waals surface area contributed by atoms with E-state index in [2.05, 4.69) is 16.5 Å². The number of pyridine rings is 1. The highest BCUT2D eigenvalue weighted by molar-refractivity contribution is 5.75. The number of carbonyl (C=O) groups is 1. The van der Waals surface area contributed by atoms with E-state index in [-0.39, 0.29) is 12.1 Å². The minimum atomic E-state index is -0.0155. The van der Waals surface area contributed by atoms with Crippen LogP contribution in [-0.4, -0.2) is 53.0 Å². The lowest BCUT2D eigenvalue weighted by atomic mass is 10.0. The first-order chi connectivity index (χ1) is 10.3. The Balaban J connectivity index is 1.52. The molecule has 0 spiro atoms. The van der Waals surface area contributed by atoms with Crippen molar-refractivity contribution in [2.45, 2.75) is 24.8 Å². The van der Waals surface area contributed by atoms with Crippen molar-refractivity contribution in [3.05, 3.63) is 30.1 Å². The second-order valence-electron chi connectivity index (χ2n) is 5.67. The van der Waals surface area contributed by atoms with Gasteiger partial charge < -0.3 is 15.1 Å². The van der Waals surface area contributed by atoms with Gasteiger partial charge in [-0.05, 0) is 25.0 Å². The zero-order valence-electron chi connectivity index (χ0n) is 11.9. The van der Waals surface area contributed by atoms with Gasteiger partial charge in [0.2, 0.25) is 0 Å². The van der Waals surface area contributed by atoms with Gasteiger partial charge in [-0.15, -0.1) is 0 Å². The van der Waals surface area contributed by atoms with E-state index in [0.717, 1.165) is 38.2 Å². The number of nitrogens with one attached hydrogen (secondary N) is 1. The van der Waals surface area contributed by atoms with Gasteiger partial charge in [-0.3, -0.25) is 4.98 Å². The van der Waals surface area contributed by atoms with E-state index in [9.17, 15) is 4.79 Å². The molecule has 2 fully saturated rings. The lowest BCUT2D eigenvalue weighted by molar-refractivity contribution is 0.204. The number of amides is 2. The predicted octanol–water partition coefficient (Wildman–Crippen LogP) is 1.14. The Kier molecular flexibility index (Phi) is 3.91. The third-order valence-electron chi connectivity index (χ3n) is 4.24. The molecule has 2 amide bonds. The molecule has 1 unspecified atom stereocenters. The Morgan fingerprint density at radius 2 is 2.24 bits per heavy atom. The fourth-order valence-corrected chi connectivity index (χ4v) is 3.04. The van der Waals surface area contributed by atoms with Gasteiger partial charge >= 0.3 is 6.03 Å². The molecule has 0 aromatic carbocycles. The summed E-state index contributed by atoms with van der Waals surface area (Å²) in [5.41, 5.74) is 1.06. The Labute approximate surface area is 124 Å². The zero-order chi connectivity index (χ0) is 14.7. The first kappa shape index (κ1) is 13.7. The molecule has 3 rings (SSSR count). The summed E-state index contributed by atoms with van der Waals surface area (Å²) in [6, 6.07) is 5.99. The number of nitriles is 1. The lowest BCUT2D eigenvalue weighted by Gasteiger charge is -2.20. The maximum Gasteiger partial charge on any atom is 0.317 e. The van der Waals surface area contributed by atoms with Crippen LogP contribution in [0, 0.1) is 11.5 Å². The van der Waals surface area contributed by atoms with Crippen LogP contribution in [0.1, 0.15) is 24.5 Å². The van der Waals surface area contributed by atoms with Gasteiger partial charge in [0.05, 0.1) is 6.04 Å². The summed E-state index contributed by atoms with van der Waals surface area (Å²) >= 11 is 0. The Morgan fingerprint density at radius 1 is 1.33 bits per heavy atom. The quantitative estimate of drug-likeness (QED) is 0.827. The largest absolute Gasteiger partial charge is 0.333 e. The molecule has 1 N–H and O–H groups in total. The molecular formula is C15H19N5O. The first-order valence-corrected chi connectivity index (χ1v) is 7.37. The number of hydrogen-bond donors (Lipinski definition) is 1. The van der Waals surface area contributed by atoms with Gasteiger partial charge in [0.1, 0.15) is 0 Å². The third kappa shape index (κ3) is 3.07. The van der Waals surface area contributed by atoms with Gasteiger partial charge in [-0.2, -0.15) is 5.26 Å². The van der Waals surface area contributed by atoms with Gasteiger partial charge in [0, 0.05) is 44.0 Å². The number of hydrogen-bond acceptors (Lipinski definition) is 4. The van der Waals surface area contributed by atoms with Crippen LogP contribution in [0.25, 0.3) is 0 Å². The van der Waals surface area contributed by atoms with Gasteiger partial charge in [0.25, 0.3) is 0 Å². The minimum absolute atomic E-state index is 0.0155. The standard InChI is InChI=1S/C15H19N5O/c16-11-19-7-5-13(10-19)18-15(21)20-8-4-12(9-20)14-3-1-2-6-17-14/h1-3,6,12-13H,4-5,7-10H2,(H,18,21)/t12?,13-/m1/s1. The van der Waals surface area contributed by atoms with E-state index in [1.165, 1.54) is 0 Å². The molecule has 3 heterocycles. The summed E-state index contributed by atoms with van der Waals surface area (Å²) < 4.78 is 0. The Bertz CT molecular complexity index is 541. The van der Waals surface area contributed by atoms with Crippen molar-refractivity contribution in [3.8, 4) is 6.19 Å². The summed E-state index contributed by atoms with van der Waals surface area (Å²) in [5, 5.41) is 11.9. The predicted molar refractivity (Wildman–Crippen MR) is 77.3 cm³/mol. The molecule has 1 aromatic rings. The molecule has 0 radical (unpaired) electrons. The molecule has 21 heavy (non-hydrogen) atoms. The van der Waals surface area contributed by atoms with Gasteiger partial charge in [-0.25, -0.2) is 4.79 Å². The van der Waals surface area contributed by atoms with Crippen molar-refractivity contribution in [1.82, 2.24) is 20.1 Å². The van der Waals surface area contributed by atoms with Crippen molar-refractivity contribution in [3.63, 3.8) is 0 Å². The highest BCUT2D eigenvalue weighted by Crippen LogP contribution is 2.25. The summed E-state index contributed by atoms with van der Waals surface area (Å²) in [7, 11) is 0. The summed E-state index contributed by atoms with van der Waals surface area (Å²) in [6.45, 7) is 2.84. The molecule has 6 nitrogen and oxygen atoms in total. The van der Waals surface area contributed by atoms with Gasteiger partial charge in [-0.1, -0.05) is 6.07 Å². The molecule has 1 aromatic heterocycles. The monoisotopic (exact) mass is 285 g/mol. The summed E-state index contributed by atoms with van der Waals surface area (Å²) in [6.07, 6.45) is 5.73. The molecule has 2 saturated heterocycles. The van der Waals surface area contributed by atoms with E-state index in [1.54, 1.807) is 11.1 Å². The van der Waals surface area contributed by atoms with Crippen LogP contribution in [0.2, 0.25) is 0 Å². The second-order valence-corrected chi connectivity index (χ2v) is 5.67. The van der Waals surface area contributed by atoms with Crippen LogP contribution in [-0.2, 0) is 0 Å². The maximum atomic E-state index is 12.3. The normalized spacial score (nSPS) is 24.9. The molecule has 0 aliphatic carbocycles. The topological polar surface area (TPSA) is 72.3 Å². The average molecular weight is 285 g/mol. The SMILES string of the molecule is N#CN1CC[C@@H](NC(=O)N2CCC(c3ccccn3)C2)C1. The fourth-order valence-electron chi connectivity index (χ4n) is 3.04. The number of nitrogens with zero attached hydrogens (tertiary/aromatic N) is 4. The molecule has 2 aliphatic heterocycles. The Morgan fingerprint density at radius 3 is 2.95 bits per heavy atom. The van der Waals surface area contributed by atoms with Crippen molar-refractivity contribution in [2.24, 2.45) is 0 Å². The van der Waals surface area contributed by atoms with Crippen LogP contribution >= 0.6 is 0 Å². The molecule has 110 valence electrons. The van der Waals surface area contributed by atoms with Crippen LogP contribution in [0.3, 0.4) is 0 Å². The lowest BCUT2D eigenvalue weighted by Crippen LogP contribution is -2.44. The molecule has 2 aliphatic rings. The highest BCUT2D eigenvalue weighted by Gasteiger charge is 2.30. The zero-order valence-corrected chi connectivity index (χ0v) is 11.9. The van der Waals surface area contributed by atoms with E-state index in [0.29, 0.717) is 12.5 Å². The van der Waals surface area contributed by atoms with E-state index in [4.69, 9.17) is 5.26 Å². The number of carbonyl (C=O) groups excluding carboxylic acids is 1. The van der Waals surface area contributed by atoms with E-state index < -0.39 is 0 Å². The third-order valence-corrected chi connectivity index (χ3v) is 4.24. The molecule has 2 atom stereocenters. The van der Waals surface area contributed by atoms with E-state index in [1.807, 2.05) is 23.1 Å². The van der Waals surface area contributed by atoms with Gasteiger partial charge in [0.15, 0.2) is 6.19 Å². The number of aromatic nitrogens is 1. The van der Waals surface area contributed by atoms with E-state index >= 15 is 0 Å². The molecule has 0 saturated carbocycles. The second kappa shape index (κ2) is 6.00. The van der Waals surface area contributed by atoms with Crippen LogP contribution in [0.4, 0.5) is 4.79 Å². The number of rotatable bonds is 2. The summed E-state index contributed by atoms with van der Waals surface area (Å²) in [5.74, 6) is 0.330. The van der Waals surface area contributed by atoms with Crippen LogP contribution < -0.4 is 5.32 Å². The van der Waals surface area contributed by atoms with Crippen LogP contribution in [0.5, 0.6) is 0 Å². The molecular weight excluding hydrogens is 266 g/mol. The average Bonchev–Trinajstić information content (AvgIpc) is 3.17. The number of urea groups is 1. The highest BCUT2D eigenvalue weighted by atomic mass is 16.2. The maximum absolute atomic E-state index is 12.3. The van der Waals surface area contributed by atoms with Crippen molar-refractivity contribution in [1.29, 1.82) is 5.26 Å². The fraction of sp³-hybridized carbons (Fsp3) is 0.533. The smallest absolute Gasteiger partial charge is 0.317 e. The minimum Gasteiger partial charge on any atom is -0.333 e. The first-order valence-electron chi connectivity index (χ1n) is 7.37. The molecule has 0 bridgehead atoms. The summed E-state index contributed by atoms with van der Waals surface area (Å²) in [4.78, 5) is 20.2. The van der Waals surface area contributed by atoms with Crippen molar-refractivity contribution >= 4 is 6.03 Å². The van der Waals surface area contributed by atoms with Crippen LogP contribution in [0.15, 0.2) is 24.4 Å². The van der Waals surface area contributed by atoms with Crippen molar-refractivity contribution < 1.29 is 4.79 Å². The van der Waals surface area contributed by atoms with Crippen molar-refractivity contribution in [2.75, 3.05) is 26.2 Å². The number of likely N-dealkylation sites (tertiary alicyclic amines) is 2. The molecule has 6 heteroatoms.